The molecule has 0 amide bonds. The van der Waals surface area contributed by atoms with Gasteiger partial charge in [-0.3, -0.25) is 0 Å². The second-order valence-electron chi connectivity index (χ2n) is 3.42. The van der Waals surface area contributed by atoms with Crippen LogP contribution in [0.2, 0.25) is 10.0 Å². The molecule has 2 heteroatoms. The molecule has 0 N–H and O–H groups in total. The summed E-state index contributed by atoms with van der Waals surface area (Å²) >= 11 is 11.7. The molecule has 0 aromatic heterocycles. The Morgan fingerprint density at radius 1 is 1.07 bits per heavy atom. The van der Waals surface area contributed by atoms with Crippen LogP contribution in [0.25, 0.3) is 0 Å². The van der Waals surface area contributed by atoms with Crippen molar-refractivity contribution in [1.29, 1.82) is 0 Å². The average molecular weight is 241 g/mol. The summed E-state index contributed by atoms with van der Waals surface area (Å²) in [6, 6.07) is 5.38. The highest BCUT2D eigenvalue weighted by molar-refractivity contribution is 6.34. The van der Waals surface area contributed by atoms with E-state index in [4.69, 9.17) is 23.2 Å². The maximum atomic E-state index is 5.86. The summed E-state index contributed by atoms with van der Waals surface area (Å²) in [7, 11) is 0. The van der Waals surface area contributed by atoms with Gasteiger partial charge in [-0.25, -0.2) is 0 Å². The molecule has 0 heterocycles. The number of hydrogen-bond acceptors (Lipinski definition) is 0. The minimum absolute atomic E-state index is 0.639. The van der Waals surface area contributed by atoms with Crippen molar-refractivity contribution in [3.8, 4) is 11.8 Å². The number of unbranched alkanes of at least 4 members (excludes halogenated alkanes) is 3. The lowest BCUT2D eigenvalue weighted by atomic mass is 10.2. The maximum Gasteiger partial charge on any atom is 0.0433 e. The number of hydrogen-bond donors (Lipinski definition) is 0. The van der Waals surface area contributed by atoms with Crippen LogP contribution in [0.15, 0.2) is 18.2 Å². The third-order valence-electron chi connectivity index (χ3n) is 2.00. The van der Waals surface area contributed by atoms with Gasteiger partial charge >= 0.3 is 0 Å². The lowest BCUT2D eigenvalue weighted by Crippen LogP contribution is -1.76. The van der Waals surface area contributed by atoms with Crippen molar-refractivity contribution in [2.24, 2.45) is 0 Å². The van der Waals surface area contributed by atoms with E-state index in [0.29, 0.717) is 10.0 Å². The Balaban J connectivity index is 2.55. The molecule has 0 saturated heterocycles. The van der Waals surface area contributed by atoms with E-state index in [1.807, 2.05) is 12.1 Å². The molecule has 0 unspecified atom stereocenters. The Labute approximate surface area is 102 Å². The molecular weight excluding hydrogens is 227 g/mol. The largest absolute Gasteiger partial charge is 0.0979 e. The molecule has 0 radical (unpaired) electrons. The lowest BCUT2D eigenvalue weighted by Gasteiger charge is -1.94. The van der Waals surface area contributed by atoms with Gasteiger partial charge in [0.2, 0.25) is 0 Å². The van der Waals surface area contributed by atoms with Crippen molar-refractivity contribution in [1.82, 2.24) is 0 Å². The maximum absolute atomic E-state index is 5.86. The number of benzene rings is 1. The van der Waals surface area contributed by atoms with Crippen molar-refractivity contribution < 1.29 is 0 Å². The van der Waals surface area contributed by atoms with Gasteiger partial charge in [0.1, 0.15) is 0 Å². The van der Waals surface area contributed by atoms with Gasteiger partial charge in [-0.05, 0) is 24.6 Å². The molecule has 0 aliphatic rings. The second kappa shape index (κ2) is 6.77. The van der Waals surface area contributed by atoms with Gasteiger partial charge in [0.25, 0.3) is 0 Å². The Kier molecular flexibility index (Phi) is 5.61. The molecule has 1 rings (SSSR count). The van der Waals surface area contributed by atoms with Crippen LogP contribution in [0.3, 0.4) is 0 Å². The molecule has 0 aliphatic heterocycles. The third-order valence-corrected chi connectivity index (χ3v) is 2.44. The van der Waals surface area contributed by atoms with Crippen molar-refractivity contribution in [3.05, 3.63) is 33.8 Å². The predicted molar refractivity (Wildman–Crippen MR) is 67.5 cm³/mol. The highest BCUT2D eigenvalue weighted by Gasteiger charge is 1.94. The van der Waals surface area contributed by atoms with Crippen LogP contribution in [0, 0.1) is 11.8 Å². The summed E-state index contributed by atoms with van der Waals surface area (Å²) in [5.74, 6) is 6.19. The van der Waals surface area contributed by atoms with E-state index in [1.54, 1.807) is 6.07 Å². The molecule has 1 aromatic carbocycles. The van der Waals surface area contributed by atoms with Crippen molar-refractivity contribution in [2.45, 2.75) is 32.6 Å². The van der Waals surface area contributed by atoms with Crippen LogP contribution in [0.1, 0.15) is 38.2 Å². The summed E-state index contributed by atoms with van der Waals surface area (Å²) in [6.07, 6.45) is 4.57. The molecule has 0 spiro atoms. The van der Waals surface area contributed by atoms with E-state index in [-0.39, 0.29) is 0 Å². The molecule has 0 atom stereocenters. The van der Waals surface area contributed by atoms with Crippen LogP contribution in [0.5, 0.6) is 0 Å². The fourth-order valence-corrected chi connectivity index (χ4v) is 1.78. The average Bonchev–Trinajstić information content (AvgIpc) is 2.16. The number of halogens is 2. The van der Waals surface area contributed by atoms with E-state index in [2.05, 4.69) is 18.8 Å². The fraction of sp³-hybridized carbons (Fsp3) is 0.385. The minimum Gasteiger partial charge on any atom is -0.0979 e. The van der Waals surface area contributed by atoms with Crippen LogP contribution in [-0.2, 0) is 0 Å². The highest BCUT2D eigenvalue weighted by Crippen LogP contribution is 2.18. The van der Waals surface area contributed by atoms with Crippen molar-refractivity contribution >= 4 is 23.2 Å². The van der Waals surface area contributed by atoms with E-state index in [1.165, 1.54) is 12.8 Å². The summed E-state index contributed by atoms with van der Waals surface area (Å²) in [4.78, 5) is 0. The molecule has 0 nitrogen and oxygen atoms in total. The summed E-state index contributed by atoms with van der Waals surface area (Å²) in [5, 5.41) is 1.28. The first-order valence-corrected chi connectivity index (χ1v) is 5.93. The topological polar surface area (TPSA) is 0 Å². The first-order valence-electron chi connectivity index (χ1n) is 5.17. The summed E-state index contributed by atoms with van der Waals surface area (Å²) in [5.41, 5.74) is 0.893. The minimum atomic E-state index is 0.639. The van der Waals surface area contributed by atoms with Gasteiger partial charge < -0.3 is 0 Å². The predicted octanol–water partition coefficient (Wildman–Crippen LogP) is 4.93. The monoisotopic (exact) mass is 240 g/mol. The van der Waals surface area contributed by atoms with Gasteiger partial charge in [-0.1, -0.05) is 54.8 Å². The molecule has 15 heavy (non-hydrogen) atoms. The zero-order valence-electron chi connectivity index (χ0n) is 8.82. The van der Waals surface area contributed by atoms with Crippen molar-refractivity contribution in [2.75, 3.05) is 0 Å². The van der Waals surface area contributed by atoms with E-state index in [9.17, 15) is 0 Å². The number of rotatable bonds is 3. The molecule has 0 fully saturated rings. The first kappa shape index (κ1) is 12.4. The van der Waals surface area contributed by atoms with Gasteiger partial charge in [0, 0.05) is 22.0 Å². The summed E-state index contributed by atoms with van der Waals surface area (Å²) < 4.78 is 0. The molecule has 0 bridgehead atoms. The smallest absolute Gasteiger partial charge is 0.0433 e. The van der Waals surface area contributed by atoms with Crippen LogP contribution in [-0.4, -0.2) is 0 Å². The standard InChI is InChI=1S/C13H14Cl2/c1-2-3-4-5-6-7-11-8-12(14)10-13(15)9-11/h8-10H,2-5H2,1H3. The third kappa shape index (κ3) is 5.11. The van der Waals surface area contributed by atoms with Gasteiger partial charge in [0.15, 0.2) is 0 Å². The quantitative estimate of drug-likeness (QED) is 0.520. The first-order chi connectivity index (χ1) is 7.22. The second-order valence-corrected chi connectivity index (χ2v) is 4.29. The molecule has 1 aromatic rings. The van der Waals surface area contributed by atoms with Gasteiger partial charge in [-0.2, -0.15) is 0 Å². The van der Waals surface area contributed by atoms with E-state index >= 15 is 0 Å². The van der Waals surface area contributed by atoms with Gasteiger partial charge in [0.05, 0.1) is 0 Å². The molecular formula is C13H14Cl2. The van der Waals surface area contributed by atoms with Crippen LogP contribution in [0.4, 0.5) is 0 Å². The Bertz CT molecular complexity index is 352. The zero-order valence-corrected chi connectivity index (χ0v) is 10.3. The summed E-state index contributed by atoms with van der Waals surface area (Å²) in [6.45, 7) is 2.18. The van der Waals surface area contributed by atoms with E-state index in [0.717, 1.165) is 18.4 Å². The van der Waals surface area contributed by atoms with Crippen LogP contribution >= 0.6 is 23.2 Å². The fourth-order valence-electron chi connectivity index (χ4n) is 1.25. The van der Waals surface area contributed by atoms with E-state index < -0.39 is 0 Å². The zero-order chi connectivity index (χ0) is 11.1. The normalized spacial score (nSPS) is 9.53. The Morgan fingerprint density at radius 3 is 2.33 bits per heavy atom. The molecule has 80 valence electrons. The van der Waals surface area contributed by atoms with Gasteiger partial charge in [-0.15, -0.1) is 0 Å². The molecule has 0 aliphatic carbocycles. The van der Waals surface area contributed by atoms with Crippen molar-refractivity contribution in [3.63, 3.8) is 0 Å². The lowest BCUT2D eigenvalue weighted by molar-refractivity contribution is 0.737. The Morgan fingerprint density at radius 2 is 1.73 bits per heavy atom. The SMILES string of the molecule is CCCCCC#Cc1cc(Cl)cc(Cl)c1. The molecule has 0 saturated carbocycles. The highest BCUT2D eigenvalue weighted by atomic mass is 35.5. The Hall–Kier alpha value is -0.640. The van der Waals surface area contributed by atoms with Crippen LogP contribution < -0.4 is 0 Å².